The number of hydrogen-bond donors (Lipinski definition) is 1. The highest BCUT2D eigenvalue weighted by Gasteiger charge is 2.34. The molecule has 1 N–H and O–H groups in total. The Hall–Kier alpha value is -0.340. The van der Waals surface area contributed by atoms with Crippen molar-refractivity contribution in [2.24, 2.45) is 5.92 Å². The van der Waals surface area contributed by atoms with Gasteiger partial charge in [-0.3, -0.25) is 4.90 Å². The first-order chi connectivity index (χ1) is 6.81. The summed E-state index contributed by atoms with van der Waals surface area (Å²) in [6, 6.07) is 0.867. The normalized spacial score (nSPS) is 33.7. The van der Waals surface area contributed by atoms with Crippen molar-refractivity contribution >= 4 is 0 Å². The smallest absolute Gasteiger partial charge is 0.0193 e. The van der Waals surface area contributed by atoms with Gasteiger partial charge in [0.25, 0.3) is 0 Å². The zero-order valence-corrected chi connectivity index (χ0v) is 9.42. The lowest BCUT2D eigenvalue weighted by Crippen LogP contribution is -2.51. The van der Waals surface area contributed by atoms with Crippen LogP contribution in [0, 0.1) is 5.92 Å². The third-order valence-electron chi connectivity index (χ3n) is 3.67. The second-order valence-corrected chi connectivity index (χ2v) is 4.77. The molecule has 1 fully saturated rings. The molecule has 0 bridgehead atoms. The summed E-state index contributed by atoms with van der Waals surface area (Å²) in [6.45, 7) is 5.95. The van der Waals surface area contributed by atoms with Crippen LogP contribution < -0.4 is 5.32 Å². The van der Waals surface area contributed by atoms with Gasteiger partial charge in [0, 0.05) is 19.1 Å². The van der Waals surface area contributed by atoms with E-state index in [2.05, 4.69) is 30.3 Å². The first-order valence-corrected chi connectivity index (χ1v) is 5.85. The molecule has 2 atom stereocenters. The van der Waals surface area contributed by atoms with Crippen molar-refractivity contribution in [1.29, 1.82) is 0 Å². The third-order valence-corrected chi connectivity index (χ3v) is 3.67. The molecule has 0 aromatic heterocycles. The van der Waals surface area contributed by atoms with E-state index in [1.807, 2.05) is 0 Å². The highest BCUT2D eigenvalue weighted by molar-refractivity contribution is 5.07. The maximum atomic E-state index is 3.31. The molecule has 1 aliphatic carbocycles. The Kier molecular flexibility index (Phi) is 3.24. The summed E-state index contributed by atoms with van der Waals surface area (Å²) in [6.07, 6.45) is 6.49. The number of nitrogens with one attached hydrogen (secondary N) is 1. The Morgan fingerprint density at radius 1 is 1.50 bits per heavy atom. The fourth-order valence-electron chi connectivity index (χ4n) is 2.76. The van der Waals surface area contributed by atoms with Crippen LogP contribution in [0.3, 0.4) is 0 Å². The molecular weight excluding hydrogens is 172 g/mol. The SMILES string of the molecule is CNCC1CCC1N1CCC=C(C)C1. The van der Waals surface area contributed by atoms with Crippen LogP contribution in [0.5, 0.6) is 0 Å². The molecule has 2 heteroatoms. The summed E-state index contributed by atoms with van der Waals surface area (Å²) in [7, 11) is 2.07. The van der Waals surface area contributed by atoms with Gasteiger partial charge in [-0.05, 0) is 45.7 Å². The molecule has 0 aromatic carbocycles. The summed E-state index contributed by atoms with van der Waals surface area (Å²) in [5.74, 6) is 0.908. The van der Waals surface area contributed by atoms with Crippen LogP contribution >= 0.6 is 0 Å². The monoisotopic (exact) mass is 194 g/mol. The Morgan fingerprint density at radius 2 is 2.36 bits per heavy atom. The number of rotatable bonds is 3. The average Bonchev–Trinajstić information content (AvgIpc) is 2.12. The maximum absolute atomic E-state index is 3.31. The lowest BCUT2D eigenvalue weighted by atomic mass is 9.78. The molecule has 0 aromatic rings. The molecule has 1 saturated carbocycles. The molecule has 80 valence electrons. The minimum absolute atomic E-state index is 0.867. The van der Waals surface area contributed by atoms with Crippen molar-refractivity contribution in [2.75, 3.05) is 26.7 Å². The molecule has 2 nitrogen and oxygen atoms in total. The van der Waals surface area contributed by atoms with Gasteiger partial charge in [0.2, 0.25) is 0 Å². The molecular formula is C12H22N2. The van der Waals surface area contributed by atoms with Crippen molar-refractivity contribution in [1.82, 2.24) is 10.2 Å². The van der Waals surface area contributed by atoms with E-state index in [0.29, 0.717) is 0 Å². The molecule has 0 amide bonds. The van der Waals surface area contributed by atoms with Gasteiger partial charge in [-0.2, -0.15) is 0 Å². The molecule has 0 radical (unpaired) electrons. The third kappa shape index (κ3) is 2.01. The van der Waals surface area contributed by atoms with Crippen molar-refractivity contribution in [3.63, 3.8) is 0 Å². The van der Waals surface area contributed by atoms with E-state index in [-0.39, 0.29) is 0 Å². The predicted molar refractivity (Wildman–Crippen MR) is 60.4 cm³/mol. The molecule has 0 spiro atoms. The fraction of sp³-hybridized carbons (Fsp3) is 0.833. The molecule has 2 unspecified atom stereocenters. The zero-order valence-electron chi connectivity index (χ0n) is 9.42. The minimum atomic E-state index is 0.867. The Balaban J connectivity index is 1.86. The van der Waals surface area contributed by atoms with Crippen LogP contribution in [0.4, 0.5) is 0 Å². The van der Waals surface area contributed by atoms with Gasteiger partial charge in [0.15, 0.2) is 0 Å². The first-order valence-electron chi connectivity index (χ1n) is 5.85. The van der Waals surface area contributed by atoms with E-state index in [9.17, 15) is 0 Å². The van der Waals surface area contributed by atoms with E-state index < -0.39 is 0 Å². The maximum Gasteiger partial charge on any atom is 0.0193 e. The highest BCUT2D eigenvalue weighted by Crippen LogP contribution is 2.33. The van der Waals surface area contributed by atoms with Crippen LogP contribution in [-0.2, 0) is 0 Å². The Bertz CT molecular complexity index is 222. The molecule has 1 aliphatic heterocycles. The average molecular weight is 194 g/mol. The standard InChI is InChI=1S/C12H22N2/c1-10-4-3-7-14(9-10)12-6-5-11(12)8-13-2/h4,11-13H,3,5-9H2,1-2H3. The Labute approximate surface area is 87.4 Å². The van der Waals surface area contributed by atoms with Crippen molar-refractivity contribution in [3.05, 3.63) is 11.6 Å². The van der Waals surface area contributed by atoms with E-state index >= 15 is 0 Å². The number of hydrogen-bond acceptors (Lipinski definition) is 2. The van der Waals surface area contributed by atoms with Gasteiger partial charge in [-0.15, -0.1) is 0 Å². The number of nitrogens with zero attached hydrogens (tertiary/aromatic N) is 1. The molecule has 14 heavy (non-hydrogen) atoms. The van der Waals surface area contributed by atoms with Crippen molar-refractivity contribution in [3.8, 4) is 0 Å². The van der Waals surface area contributed by atoms with Gasteiger partial charge in [0.1, 0.15) is 0 Å². The summed E-state index contributed by atoms with van der Waals surface area (Å²) in [5, 5.41) is 3.31. The van der Waals surface area contributed by atoms with Crippen molar-refractivity contribution in [2.45, 2.75) is 32.2 Å². The minimum Gasteiger partial charge on any atom is -0.319 e. The van der Waals surface area contributed by atoms with Crippen LogP contribution in [0.2, 0.25) is 0 Å². The van der Waals surface area contributed by atoms with E-state index in [1.165, 1.54) is 38.9 Å². The van der Waals surface area contributed by atoms with E-state index in [4.69, 9.17) is 0 Å². The molecule has 0 saturated heterocycles. The zero-order chi connectivity index (χ0) is 9.97. The largest absolute Gasteiger partial charge is 0.319 e. The molecule has 1 heterocycles. The van der Waals surface area contributed by atoms with Crippen LogP contribution in [0.25, 0.3) is 0 Å². The lowest BCUT2D eigenvalue weighted by molar-refractivity contribution is 0.0682. The van der Waals surface area contributed by atoms with Crippen molar-refractivity contribution < 1.29 is 0 Å². The van der Waals surface area contributed by atoms with Crippen LogP contribution in [0.15, 0.2) is 11.6 Å². The van der Waals surface area contributed by atoms with Gasteiger partial charge in [-0.1, -0.05) is 11.6 Å². The second kappa shape index (κ2) is 4.45. The van der Waals surface area contributed by atoms with Gasteiger partial charge in [0.05, 0.1) is 0 Å². The fourth-order valence-corrected chi connectivity index (χ4v) is 2.76. The van der Waals surface area contributed by atoms with Crippen LogP contribution in [-0.4, -0.2) is 37.6 Å². The summed E-state index contributed by atoms with van der Waals surface area (Å²) >= 11 is 0. The van der Waals surface area contributed by atoms with Gasteiger partial charge >= 0.3 is 0 Å². The quantitative estimate of drug-likeness (QED) is 0.687. The highest BCUT2D eigenvalue weighted by atomic mass is 15.2. The topological polar surface area (TPSA) is 15.3 Å². The summed E-state index contributed by atoms with van der Waals surface area (Å²) in [4.78, 5) is 2.68. The second-order valence-electron chi connectivity index (χ2n) is 4.77. The van der Waals surface area contributed by atoms with E-state index in [1.54, 1.807) is 5.57 Å². The Morgan fingerprint density at radius 3 is 2.93 bits per heavy atom. The first kappa shape index (κ1) is 10.2. The molecule has 2 aliphatic rings. The van der Waals surface area contributed by atoms with Gasteiger partial charge < -0.3 is 5.32 Å². The predicted octanol–water partition coefficient (Wildman–Crippen LogP) is 1.64. The van der Waals surface area contributed by atoms with E-state index in [0.717, 1.165) is 12.0 Å². The molecule has 2 rings (SSSR count). The lowest BCUT2D eigenvalue weighted by Gasteiger charge is -2.45. The van der Waals surface area contributed by atoms with Crippen LogP contribution in [0.1, 0.15) is 26.2 Å². The summed E-state index contributed by atoms with van der Waals surface area (Å²) in [5.41, 5.74) is 1.56. The summed E-state index contributed by atoms with van der Waals surface area (Å²) < 4.78 is 0. The van der Waals surface area contributed by atoms with Gasteiger partial charge in [-0.25, -0.2) is 0 Å².